The summed E-state index contributed by atoms with van der Waals surface area (Å²) in [5.74, 6) is -1.47. The number of hydrogen-bond donors (Lipinski definition) is 2. The molecule has 0 aromatic heterocycles. The number of nitrogens with one attached hydrogen (secondary N) is 1. The maximum atomic E-state index is 14.1. The lowest BCUT2D eigenvalue weighted by molar-refractivity contribution is -0.141. The molecule has 1 atom stereocenters. The van der Waals surface area contributed by atoms with E-state index in [1.165, 1.54) is 6.07 Å². The number of aliphatic carboxylic acids is 1. The quantitative estimate of drug-likeness (QED) is 0.897. The average Bonchev–Trinajstić information content (AvgIpc) is 2.50. The molecule has 0 saturated carbocycles. The fourth-order valence-electron chi connectivity index (χ4n) is 2.52. The Kier molecular flexibility index (Phi) is 7.15. The SMILES string of the molecule is CC.CNCc1ccc(N2CCCC(C(=O)O)C2)c(F)c1. The molecule has 0 amide bonds. The second kappa shape index (κ2) is 8.62. The number of rotatable bonds is 4. The summed E-state index contributed by atoms with van der Waals surface area (Å²) in [6.45, 7) is 5.72. The summed E-state index contributed by atoms with van der Waals surface area (Å²) in [5, 5.41) is 12.0. The Hall–Kier alpha value is -1.62. The number of benzene rings is 1. The van der Waals surface area contributed by atoms with Crippen LogP contribution in [0.2, 0.25) is 0 Å². The number of piperidine rings is 1. The van der Waals surface area contributed by atoms with E-state index >= 15 is 0 Å². The van der Waals surface area contributed by atoms with Gasteiger partial charge in [-0.3, -0.25) is 4.79 Å². The fourth-order valence-corrected chi connectivity index (χ4v) is 2.52. The fraction of sp³-hybridized carbons (Fsp3) is 0.562. The largest absolute Gasteiger partial charge is 0.481 e. The zero-order valence-electron chi connectivity index (χ0n) is 13.0. The van der Waals surface area contributed by atoms with E-state index in [2.05, 4.69) is 5.32 Å². The summed E-state index contributed by atoms with van der Waals surface area (Å²) in [6.07, 6.45) is 1.46. The number of carboxylic acid groups (broad SMARTS) is 1. The Morgan fingerprint density at radius 1 is 1.48 bits per heavy atom. The van der Waals surface area contributed by atoms with E-state index < -0.39 is 11.9 Å². The van der Waals surface area contributed by atoms with E-state index in [-0.39, 0.29) is 5.82 Å². The Labute approximate surface area is 126 Å². The molecule has 1 aliphatic heterocycles. The summed E-state index contributed by atoms with van der Waals surface area (Å²) in [7, 11) is 1.81. The summed E-state index contributed by atoms with van der Waals surface area (Å²) in [4.78, 5) is 12.9. The van der Waals surface area contributed by atoms with Crippen molar-refractivity contribution in [2.75, 3.05) is 25.0 Å². The van der Waals surface area contributed by atoms with Crippen LogP contribution in [0.15, 0.2) is 18.2 Å². The lowest BCUT2D eigenvalue weighted by atomic mass is 9.97. The molecule has 1 fully saturated rings. The van der Waals surface area contributed by atoms with Crippen molar-refractivity contribution >= 4 is 11.7 Å². The smallest absolute Gasteiger partial charge is 0.308 e. The molecule has 2 N–H and O–H groups in total. The van der Waals surface area contributed by atoms with Gasteiger partial charge in [0.15, 0.2) is 0 Å². The van der Waals surface area contributed by atoms with Gasteiger partial charge in [-0.25, -0.2) is 4.39 Å². The number of nitrogens with zero attached hydrogens (tertiary/aromatic N) is 1. The van der Waals surface area contributed by atoms with Gasteiger partial charge in [0.2, 0.25) is 0 Å². The van der Waals surface area contributed by atoms with Crippen LogP contribution in [-0.4, -0.2) is 31.2 Å². The van der Waals surface area contributed by atoms with Gasteiger partial charge in [0.05, 0.1) is 11.6 Å². The maximum absolute atomic E-state index is 14.1. The summed E-state index contributed by atoms with van der Waals surface area (Å²) in [5.41, 5.74) is 1.39. The summed E-state index contributed by atoms with van der Waals surface area (Å²) >= 11 is 0. The van der Waals surface area contributed by atoms with E-state index in [0.29, 0.717) is 31.7 Å². The average molecular weight is 296 g/mol. The van der Waals surface area contributed by atoms with Gasteiger partial charge >= 0.3 is 5.97 Å². The van der Waals surface area contributed by atoms with E-state index in [1.807, 2.05) is 31.9 Å². The van der Waals surface area contributed by atoms with Crippen molar-refractivity contribution in [1.82, 2.24) is 5.32 Å². The summed E-state index contributed by atoms with van der Waals surface area (Å²) in [6, 6.07) is 5.13. The standard InChI is InChI=1S/C14H19FN2O2.C2H6/c1-16-8-10-4-5-13(12(15)7-10)17-6-2-3-11(9-17)14(18)19;1-2/h4-5,7,11,16H,2-3,6,8-9H2,1H3,(H,18,19);1-2H3. The topological polar surface area (TPSA) is 52.6 Å². The van der Waals surface area contributed by atoms with Gasteiger partial charge in [-0.2, -0.15) is 0 Å². The van der Waals surface area contributed by atoms with Crippen molar-refractivity contribution < 1.29 is 14.3 Å². The third kappa shape index (κ3) is 4.70. The highest BCUT2D eigenvalue weighted by atomic mass is 19.1. The van der Waals surface area contributed by atoms with Gasteiger partial charge in [0.25, 0.3) is 0 Å². The molecule has 1 aliphatic rings. The van der Waals surface area contributed by atoms with Crippen LogP contribution in [0.4, 0.5) is 10.1 Å². The van der Waals surface area contributed by atoms with Crippen molar-refractivity contribution in [1.29, 1.82) is 0 Å². The highest BCUT2D eigenvalue weighted by Crippen LogP contribution is 2.26. The van der Waals surface area contributed by atoms with Gasteiger partial charge in [0, 0.05) is 19.6 Å². The van der Waals surface area contributed by atoms with E-state index in [9.17, 15) is 9.18 Å². The number of carbonyl (C=O) groups is 1. The number of anilines is 1. The first-order chi connectivity index (χ1) is 10.1. The monoisotopic (exact) mass is 296 g/mol. The Morgan fingerprint density at radius 2 is 2.19 bits per heavy atom. The van der Waals surface area contributed by atoms with Crippen molar-refractivity contribution in [3.63, 3.8) is 0 Å². The van der Waals surface area contributed by atoms with Crippen LogP contribution < -0.4 is 10.2 Å². The molecule has 1 heterocycles. The molecule has 118 valence electrons. The van der Waals surface area contributed by atoms with Crippen molar-refractivity contribution in [3.05, 3.63) is 29.6 Å². The molecule has 1 aromatic rings. The second-order valence-corrected chi connectivity index (χ2v) is 4.94. The van der Waals surface area contributed by atoms with Crippen LogP contribution in [0.25, 0.3) is 0 Å². The number of halogens is 1. The highest BCUT2D eigenvalue weighted by Gasteiger charge is 2.26. The zero-order chi connectivity index (χ0) is 15.8. The Balaban J connectivity index is 0.00000106. The molecular weight excluding hydrogens is 271 g/mol. The molecule has 21 heavy (non-hydrogen) atoms. The van der Waals surface area contributed by atoms with Crippen molar-refractivity contribution in [2.24, 2.45) is 5.92 Å². The zero-order valence-corrected chi connectivity index (χ0v) is 13.0. The molecule has 1 aromatic carbocycles. The predicted octanol–water partition coefficient (Wildman–Crippen LogP) is 2.87. The second-order valence-electron chi connectivity index (χ2n) is 4.94. The van der Waals surface area contributed by atoms with E-state index in [4.69, 9.17) is 5.11 Å². The van der Waals surface area contributed by atoms with Gasteiger partial charge in [-0.05, 0) is 37.6 Å². The predicted molar refractivity (Wildman–Crippen MR) is 83.1 cm³/mol. The normalized spacial score (nSPS) is 17.9. The minimum atomic E-state index is -0.795. The molecule has 0 radical (unpaired) electrons. The molecule has 1 saturated heterocycles. The van der Waals surface area contributed by atoms with Gasteiger partial charge in [-0.15, -0.1) is 0 Å². The van der Waals surface area contributed by atoms with Crippen molar-refractivity contribution in [2.45, 2.75) is 33.2 Å². The van der Waals surface area contributed by atoms with Crippen LogP contribution in [0.5, 0.6) is 0 Å². The summed E-state index contributed by atoms with van der Waals surface area (Å²) < 4.78 is 14.1. The molecule has 4 nitrogen and oxygen atoms in total. The third-order valence-corrected chi connectivity index (χ3v) is 3.50. The van der Waals surface area contributed by atoms with Crippen LogP contribution in [0, 0.1) is 11.7 Å². The maximum Gasteiger partial charge on any atom is 0.308 e. The van der Waals surface area contributed by atoms with E-state index in [0.717, 1.165) is 12.0 Å². The van der Waals surface area contributed by atoms with Crippen LogP contribution in [0.3, 0.4) is 0 Å². The van der Waals surface area contributed by atoms with Gasteiger partial charge in [-0.1, -0.05) is 19.9 Å². The minimum absolute atomic E-state index is 0.279. The Morgan fingerprint density at radius 3 is 2.76 bits per heavy atom. The minimum Gasteiger partial charge on any atom is -0.481 e. The molecule has 0 bridgehead atoms. The van der Waals surface area contributed by atoms with Crippen LogP contribution >= 0.6 is 0 Å². The van der Waals surface area contributed by atoms with E-state index in [1.54, 1.807) is 6.07 Å². The first kappa shape index (κ1) is 17.4. The first-order valence-corrected chi connectivity index (χ1v) is 7.52. The molecule has 5 heteroatoms. The molecule has 0 aliphatic carbocycles. The lowest BCUT2D eigenvalue weighted by Gasteiger charge is -2.32. The van der Waals surface area contributed by atoms with Gasteiger partial charge in [0.1, 0.15) is 5.82 Å². The lowest BCUT2D eigenvalue weighted by Crippen LogP contribution is -2.39. The highest BCUT2D eigenvalue weighted by molar-refractivity contribution is 5.71. The Bertz CT molecular complexity index is 466. The molecule has 2 rings (SSSR count). The van der Waals surface area contributed by atoms with Gasteiger partial charge < -0.3 is 15.3 Å². The molecule has 0 spiro atoms. The molecule has 1 unspecified atom stereocenters. The molecular formula is C16H25FN2O2. The number of hydrogen-bond acceptors (Lipinski definition) is 3. The number of carboxylic acids is 1. The third-order valence-electron chi connectivity index (χ3n) is 3.50. The van der Waals surface area contributed by atoms with Crippen LogP contribution in [-0.2, 0) is 11.3 Å². The van der Waals surface area contributed by atoms with Crippen molar-refractivity contribution in [3.8, 4) is 0 Å². The van der Waals surface area contributed by atoms with Crippen LogP contribution in [0.1, 0.15) is 32.3 Å². The first-order valence-electron chi connectivity index (χ1n) is 7.52.